The van der Waals surface area contributed by atoms with Gasteiger partial charge in [0, 0.05) is 13.1 Å². The van der Waals surface area contributed by atoms with E-state index in [1.54, 1.807) is 6.20 Å². The average Bonchev–Trinajstić information content (AvgIpc) is 2.99. The zero-order valence-corrected chi connectivity index (χ0v) is 13.7. The number of hydrogen-bond acceptors (Lipinski definition) is 3. The first kappa shape index (κ1) is 15.7. The van der Waals surface area contributed by atoms with Crippen LogP contribution in [0, 0.1) is 0 Å². The Labute approximate surface area is 136 Å². The van der Waals surface area contributed by atoms with E-state index >= 15 is 0 Å². The third kappa shape index (κ3) is 3.45. The average molecular weight is 313 g/mol. The van der Waals surface area contributed by atoms with Crippen LogP contribution in [0.3, 0.4) is 0 Å². The highest BCUT2D eigenvalue weighted by molar-refractivity contribution is 5.95. The van der Waals surface area contributed by atoms with Gasteiger partial charge in [-0.3, -0.25) is 9.48 Å². The maximum Gasteiger partial charge on any atom is 0.257 e. The Balaban J connectivity index is 1.87. The summed E-state index contributed by atoms with van der Waals surface area (Å²) in [5.41, 5.74) is 2.91. The van der Waals surface area contributed by atoms with Crippen LogP contribution < -0.4 is 0 Å². The number of amides is 1. The molecule has 1 fully saturated rings. The van der Waals surface area contributed by atoms with Crippen molar-refractivity contribution in [2.45, 2.75) is 26.3 Å². The molecule has 122 valence electrons. The molecule has 5 nitrogen and oxygen atoms in total. The van der Waals surface area contributed by atoms with E-state index in [4.69, 9.17) is 4.74 Å². The second-order valence-electron chi connectivity index (χ2n) is 6.15. The molecule has 3 rings (SSSR count). The highest BCUT2D eigenvalue weighted by atomic mass is 16.5. The van der Waals surface area contributed by atoms with Gasteiger partial charge >= 0.3 is 0 Å². The van der Waals surface area contributed by atoms with E-state index in [9.17, 15) is 4.79 Å². The number of morpholine rings is 1. The molecule has 1 aromatic carbocycles. The molecule has 1 saturated heterocycles. The highest BCUT2D eigenvalue weighted by Gasteiger charge is 2.25. The lowest BCUT2D eigenvalue weighted by Crippen LogP contribution is -2.41. The monoisotopic (exact) mass is 313 g/mol. The smallest absolute Gasteiger partial charge is 0.257 e. The molecule has 0 saturated carbocycles. The number of hydrogen-bond donors (Lipinski definition) is 0. The molecule has 1 aliphatic heterocycles. The summed E-state index contributed by atoms with van der Waals surface area (Å²) in [5, 5.41) is 4.49. The lowest BCUT2D eigenvalue weighted by molar-refractivity contribution is 0.0302. The van der Waals surface area contributed by atoms with Crippen molar-refractivity contribution in [2.24, 2.45) is 0 Å². The van der Waals surface area contributed by atoms with Crippen LogP contribution in [0.4, 0.5) is 0 Å². The van der Waals surface area contributed by atoms with E-state index in [1.807, 2.05) is 27.8 Å². The van der Waals surface area contributed by atoms with Crippen molar-refractivity contribution in [1.29, 1.82) is 0 Å². The van der Waals surface area contributed by atoms with E-state index in [0.29, 0.717) is 32.8 Å². The van der Waals surface area contributed by atoms with Gasteiger partial charge in [-0.05, 0) is 11.5 Å². The lowest BCUT2D eigenvalue weighted by atomic mass is 10.0. The summed E-state index contributed by atoms with van der Waals surface area (Å²) >= 11 is 0. The minimum absolute atomic E-state index is 0.0660. The predicted octanol–water partition coefficient (Wildman–Crippen LogP) is 2.53. The lowest BCUT2D eigenvalue weighted by Gasteiger charge is -2.27. The molecule has 23 heavy (non-hydrogen) atoms. The standard InChI is InChI=1S/C18H23N3O2/c1-14(2)17-16(18(22)20-8-10-23-11-9-20)12-19-21(17)13-15-6-4-3-5-7-15/h3-7,12,14H,8-11,13H2,1-2H3. The molecular weight excluding hydrogens is 290 g/mol. The maximum absolute atomic E-state index is 12.8. The number of rotatable bonds is 4. The minimum Gasteiger partial charge on any atom is -0.378 e. The van der Waals surface area contributed by atoms with Crippen LogP contribution in [0.15, 0.2) is 36.5 Å². The first-order valence-corrected chi connectivity index (χ1v) is 8.13. The van der Waals surface area contributed by atoms with Crippen molar-refractivity contribution in [3.8, 4) is 0 Å². The Kier molecular flexibility index (Phi) is 4.76. The number of nitrogens with zero attached hydrogens (tertiary/aromatic N) is 3. The molecule has 5 heteroatoms. The Morgan fingerprint density at radius 1 is 1.22 bits per heavy atom. The summed E-state index contributed by atoms with van der Waals surface area (Å²) in [6.45, 7) is 7.43. The van der Waals surface area contributed by atoms with E-state index in [1.165, 1.54) is 5.56 Å². The summed E-state index contributed by atoms with van der Waals surface area (Å²) in [6.07, 6.45) is 1.72. The fourth-order valence-corrected chi connectivity index (χ4v) is 2.99. The summed E-state index contributed by atoms with van der Waals surface area (Å²) in [6, 6.07) is 10.2. The molecule has 0 bridgehead atoms. The van der Waals surface area contributed by atoms with Crippen LogP contribution in [0.2, 0.25) is 0 Å². The zero-order chi connectivity index (χ0) is 16.2. The number of ether oxygens (including phenoxy) is 1. The number of benzene rings is 1. The van der Waals surface area contributed by atoms with Crippen LogP contribution >= 0.6 is 0 Å². The van der Waals surface area contributed by atoms with Gasteiger partial charge in [0.25, 0.3) is 5.91 Å². The number of aromatic nitrogens is 2. The Bertz CT molecular complexity index is 658. The Morgan fingerprint density at radius 3 is 2.57 bits per heavy atom. The van der Waals surface area contributed by atoms with Crippen LogP contribution in [0.25, 0.3) is 0 Å². The maximum atomic E-state index is 12.8. The van der Waals surface area contributed by atoms with Crippen molar-refractivity contribution in [3.63, 3.8) is 0 Å². The summed E-state index contributed by atoms with van der Waals surface area (Å²) in [7, 11) is 0. The molecule has 0 spiro atoms. The molecule has 0 aliphatic carbocycles. The summed E-state index contributed by atoms with van der Waals surface area (Å²) < 4.78 is 7.28. The molecule has 0 N–H and O–H groups in total. The van der Waals surface area contributed by atoms with Crippen molar-refractivity contribution in [3.05, 3.63) is 53.3 Å². The third-order valence-electron chi connectivity index (χ3n) is 4.13. The van der Waals surface area contributed by atoms with Gasteiger partial charge in [-0.25, -0.2) is 0 Å². The minimum atomic E-state index is 0.0660. The fourth-order valence-electron chi connectivity index (χ4n) is 2.99. The number of carbonyl (C=O) groups is 1. The molecule has 1 amide bonds. The van der Waals surface area contributed by atoms with E-state index < -0.39 is 0 Å². The Hall–Kier alpha value is -2.14. The fraction of sp³-hybridized carbons (Fsp3) is 0.444. The molecule has 1 aliphatic rings. The van der Waals surface area contributed by atoms with Crippen molar-refractivity contribution in [2.75, 3.05) is 26.3 Å². The highest BCUT2D eigenvalue weighted by Crippen LogP contribution is 2.22. The SMILES string of the molecule is CC(C)c1c(C(=O)N2CCOCC2)cnn1Cc1ccccc1. The van der Waals surface area contributed by atoms with Crippen LogP contribution in [0.5, 0.6) is 0 Å². The largest absolute Gasteiger partial charge is 0.378 e. The summed E-state index contributed by atoms with van der Waals surface area (Å²) in [5.74, 6) is 0.303. The molecule has 0 radical (unpaired) electrons. The molecular formula is C18H23N3O2. The molecule has 2 aromatic rings. The first-order chi connectivity index (χ1) is 11.2. The van der Waals surface area contributed by atoms with Gasteiger partial charge < -0.3 is 9.64 Å². The Morgan fingerprint density at radius 2 is 1.91 bits per heavy atom. The second-order valence-corrected chi connectivity index (χ2v) is 6.15. The summed E-state index contributed by atoms with van der Waals surface area (Å²) in [4.78, 5) is 14.7. The van der Waals surface area contributed by atoms with Gasteiger partial charge in [-0.15, -0.1) is 0 Å². The van der Waals surface area contributed by atoms with E-state index in [0.717, 1.165) is 11.3 Å². The molecule has 0 atom stereocenters. The second kappa shape index (κ2) is 6.96. The molecule has 2 heterocycles. The van der Waals surface area contributed by atoms with Gasteiger partial charge in [-0.1, -0.05) is 44.2 Å². The molecule has 0 unspecified atom stereocenters. The van der Waals surface area contributed by atoms with Gasteiger partial charge in [0.05, 0.1) is 37.2 Å². The van der Waals surface area contributed by atoms with E-state index in [-0.39, 0.29) is 11.8 Å². The van der Waals surface area contributed by atoms with E-state index in [2.05, 4.69) is 31.1 Å². The first-order valence-electron chi connectivity index (χ1n) is 8.13. The molecule has 1 aromatic heterocycles. The van der Waals surface area contributed by atoms with Crippen LogP contribution in [0.1, 0.15) is 41.4 Å². The van der Waals surface area contributed by atoms with Crippen molar-refractivity contribution in [1.82, 2.24) is 14.7 Å². The van der Waals surface area contributed by atoms with Gasteiger partial charge in [0.15, 0.2) is 0 Å². The van der Waals surface area contributed by atoms with Crippen LogP contribution in [-0.4, -0.2) is 46.9 Å². The van der Waals surface area contributed by atoms with Crippen LogP contribution in [-0.2, 0) is 11.3 Å². The third-order valence-corrected chi connectivity index (χ3v) is 4.13. The topological polar surface area (TPSA) is 47.4 Å². The normalized spacial score (nSPS) is 15.2. The quantitative estimate of drug-likeness (QED) is 0.871. The van der Waals surface area contributed by atoms with Gasteiger partial charge in [0.2, 0.25) is 0 Å². The van der Waals surface area contributed by atoms with Gasteiger partial charge in [0.1, 0.15) is 0 Å². The van der Waals surface area contributed by atoms with Crippen molar-refractivity contribution >= 4 is 5.91 Å². The zero-order valence-electron chi connectivity index (χ0n) is 13.7. The predicted molar refractivity (Wildman–Crippen MR) is 88.6 cm³/mol. The van der Waals surface area contributed by atoms with Crippen molar-refractivity contribution < 1.29 is 9.53 Å². The number of carbonyl (C=O) groups excluding carboxylic acids is 1. The van der Waals surface area contributed by atoms with Gasteiger partial charge in [-0.2, -0.15) is 5.10 Å².